The number of carbonyl (C=O) groups excluding carboxylic acids is 2. The van der Waals surface area contributed by atoms with Gasteiger partial charge in [0.15, 0.2) is 0 Å². The van der Waals surface area contributed by atoms with Crippen molar-refractivity contribution >= 4 is 45.4 Å². The Morgan fingerprint density at radius 3 is 1.33 bits per heavy atom. The summed E-state index contributed by atoms with van der Waals surface area (Å²) in [5, 5.41) is 29.4. The minimum atomic E-state index is -2.22. The lowest BCUT2D eigenvalue weighted by Gasteiger charge is -2.37. The number of rotatable bonds is 12. The molecule has 33 heavy (non-hydrogen) atoms. The highest BCUT2D eigenvalue weighted by atomic mass is 32.3. The monoisotopic (exact) mass is 476 g/mol. The van der Waals surface area contributed by atoms with E-state index in [1.807, 2.05) is 12.1 Å². The van der Waals surface area contributed by atoms with Crippen LogP contribution >= 0.6 is 10.0 Å². The Kier molecular flexibility index (Phi) is 10.0. The average molecular weight is 477 g/mol. The zero-order chi connectivity index (χ0) is 24.1. The van der Waals surface area contributed by atoms with E-state index in [0.29, 0.717) is 11.4 Å². The SMILES string of the molecule is O=C(O)CS(CCNC(=O)Nc1ccccc1)(CCNC(=O)Nc1ccccc1)CC(=O)O. The van der Waals surface area contributed by atoms with Gasteiger partial charge in [-0.3, -0.25) is 9.59 Å². The molecule has 0 aliphatic rings. The van der Waals surface area contributed by atoms with Crippen molar-refractivity contribution in [1.82, 2.24) is 10.6 Å². The van der Waals surface area contributed by atoms with Gasteiger partial charge in [-0.2, -0.15) is 0 Å². The number of benzene rings is 2. The van der Waals surface area contributed by atoms with E-state index in [2.05, 4.69) is 21.3 Å². The molecule has 0 aromatic heterocycles. The van der Waals surface area contributed by atoms with Crippen molar-refractivity contribution in [2.24, 2.45) is 0 Å². The predicted molar refractivity (Wildman–Crippen MR) is 129 cm³/mol. The smallest absolute Gasteiger partial charge is 0.319 e. The molecule has 4 amide bonds. The standard InChI is InChI=1S/C22H28N4O6S/c27-19(28)15-33(16-20(29)30,13-11-23-21(31)25-17-7-3-1-4-8-17)14-12-24-22(32)26-18-9-5-2-6-10-18/h1-10H,11-16H2,(H,27,28)(H,29,30)(H2,23,25,31)(H2,24,26,32). The minimum absolute atomic E-state index is 0.102. The van der Waals surface area contributed by atoms with Crippen molar-refractivity contribution < 1.29 is 29.4 Å². The van der Waals surface area contributed by atoms with Crippen LogP contribution in [0, 0.1) is 0 Å². The van der Waals surface area contributed by atoms with E-state index in [0.717, 1.165) is 0 Å². The first-order valence-electron chi connectivity index (χ1n) is 10.2. The fourth-order valence-electron chi connectivity index (χ4n) is 3.12. The van der Waals surface area contributed by atoms with Gasteiger partial charge in [-0.15, -0.1) is 0 Å². The molecule has 2 aromatic rings. The van der Waals surface area contributed by atoms with Gasteiger partial charge in [-0.1, -0.05) is 36.4 Å². The molecule has 6 N–H and O–H groups in total. The maximum absolute atomic E-state index is 12.1. The van der Waals surface area contributed by atoms with E-state index in [1.54, 1.807) is 48.5 Å². The average Bonchev–Trinajstić information content (AvgIpc) is 2.74. The first-order valence-corrected chi connectivity index (χ1v) is 12.5. The molecule has 0 saturated carbocycles. The molecular weight excluding hydrogens is 448 g/mol. The summed E-state index contributed by atoms with van der Waals surface area (Å²) in [4.78, 5) is 47.2. The molecule has 0 unspecified atom stereocenters. The van der Waals surface area contributed by atoms with Crippen LogP contribution in [0.5, 0.6) is 0 Å². The summed E-state index contributed by atoms with van der Waals surface area (Å²) in [5.74, 6) is -2.51. The molecule has 0 heterocycles. The molecule has 2 aromatic carbocycles. The van der Waals surface area contributed by atoms with Crippen molar-refractivity contribution in [2.45, 2.75) is 0 Å². The number of carboxylic acid groups (broad SMARTS) is 2. The number of nitrogens with one attached hydrogen (secondary N) is 4. The fourth-order valence-corrected chi connectivity index (χ4v) is 6.12. The minimum Gasteiger partial charge on any atom is -0.481 e. The van der Waals surface area contributed by atoms with Crippen LogP contribution in [0.15, 0.2) is 60.7 Å². The maximum atomic E-state index is 12.1. The number of para-hydroxylation sites is 2. The van der Waals surface area contributed by atoms with E-state index in [9.17, 15) is 29.4 Å². The Balaban J connectivity index is 1.94. The fraction of sp³-hybridized carbons (Fsp3) is 0.273. The van der Waals surface area contributed by atoms with E-state index in [1.165, 1.54) is 0 Å². The van der Waals surface area contributed by atoms with Crippen LogP contribution in [0.1, 0.15) is 0 Å². The van der Waals surface area contributed by atoms with Gasteiger partial charge in [-0.25, -0.2) is 19.6 Å². The van der Waals surface area contributed by atoms with Crippen molar-refractivity contribution in [3.8, 4) is 0 Å². The van der Waals surface area contributed by atoms with Gasteiger partial charge >= 0.3 is 24.0 Å². The molecule has 0 aliphatic carbocycles. The molecule has 178 valence electrons. The van der Waals surface area contributed by atoms with Crippen LogP contribution in [0.3, 0.4) is 0 Å². The number of hydrogen-bond donors (Lipinski definition) is 6. The van der Waals surface area contributed by atoms with Crippen molar-refractivity contribution in [1.29, 1.82) is 0 Å². The lowest BCUT2D eigenvalue weighted by molar-refractivity contribution is -0.134. The van der Waals surface area contributed by atoms with E-state index in [-0.39, 0.29) is 36.1 Å². The van der Waals surface area contributed by atoms with E-state index >= 15 is 0 Å². The Labute approximate surface area is 193 Å². The molecule has 0 saturated heterocycles. The molecular formula is C22H28N4O6S. The van der Waals surface area contributed by atoms with Crippen molar-refractivity contribution in [2.75, 3.05) is 46.7 Å². The molecule has 11 heteroatoms. The van der Waals surface area contributed by atoms with Gasteiger partial charge in [0, 0.05) is 24.5 Å². The molecule has 0 radical (unpaired) electrons. The van der Waals surface area contributed by atoms with Crippen LogP contribution < -0.4 is 21.3 Å². The van der Waals surface area contributed by atoms with Gasteiger partial charge in [0.25, 0.3) is 0 Å². The van der Waals surface area contributed by atoms with E-state index in [4.69, 9.17) is 0 Å². The Morgan fingerprint density at radius 2 is 1.00 bits per heavy atom. The van der Waals surface area contributed by atoms with Gasteiger partial charge in [0.1, 0.15) is 0 Å². The van der Waals surface area contributed by atoms with Crippen LogP contribution in [-0.4, -0.2) is 70.3 Å². The summed E-state index contributed by atoms with van der Waals surface area (Å²) in [5.41, 5.74) is 1.19. The highest BCUT2D eigenvalue weighted by molar-refractivity contribution is 8.34. The highest BCUT2D eigenvalue weighted by Gasteiger charge is 2.30. The second-order valence-corrected chi connectivity index (χ2v) is 11.0. The van der Waals surface area contributed by atoms with Gasteiger partial charge in [0.2, 0.25) is 0 Å². The molecule has 2 rings (SSSR count). The third kappa shape index (κ3) is 9.95. The summed E-state index contributed by atoms with van der Waals surface area (Å²) < 4.78 is 0. The summed E-state index contributed by atoms with van der Waals surface area (Å²) >= 11 is 0. The molecule has 0 atom stereocenters. The maximum Gasteiger partial charge on any atom is 0.319 e. The Morgan fingerprint density at radius 1 is 0.636 bits per heavy atom. The number of carbonyl (C=O) groups is 4. The first kappa shape index (κ1) is 25.5. The number of carboxylic acids is 2. The third-order valence-corrected chi connectivity index (χ3v) is 8.42. The number of aliphatic carboxylic acids is 2. The highest BCUT2D eigenvalue weighted by Crippen LogP contribution is 2.46. The Bertz CT molecular complexity index is 865. The second-order valence-electron chi connectivity index (χ2n) is 7.20. The zero-order valence-electron chi connectivity index (χ0n) is 18.0. The molecule has 0 bridgehead atoms. The molecule has 0 fully saturated rings. The number of anilines is 2. The lowest BCUT2D eigenvalue weighted by Crippen LogP contribution is -2.38. The predicted octanol–water partition coefficient (Wildman–Crippen LogP) is 2.60. The summed E-state index contributed by atoms with van der Waals surface area (Å²) in [6.07, 6.45) is 0. The lowest BCUT2D eigenvalue weighted by atomic mass is 10.3. The third-order valence-electron chi connectivity index (χ3n) is 4.56. The van der Waals surface area contributed by atoms with Gasteiger partial charge < -0.3 is 31.5 Å². The van der Waals surface area contributed by atoms with Gasteiger partial charge in [-0.05, 0) is 35.8 Å². The summed E-state index contributed by atoms with van der Waals surface area (Å²) in [6.45, 7) is 0.204. The normalized spacial score (nSPS) is 11.2. The second kappa shape index (κ2) is 13.0. The molecule has 0 spiro atoms. The zero-order valence-corrected chi connectivity index (χ0v) is 18.8. The number of hydrogen-bond acceptors (Lipinski definition) is 4. The molecule has 10 nitrogen and oxygen atoms in total. The quantitative estimate of drug-likeness (QED) is 0.276. The van der Waals surface area contributed by atoms with Crippen LogP contribution in [0.2, 0.25) is 0 Å². The van der Waals surface area contributed by atoms with E-state index < -0.39 is 34.0 Å². The van der Waals surface area contributed by atoms with Crippen LogP contribution in [0.25, 0.3) is 0 Å². The van der Waals surface area contributed by atoms with Crippen molar-refractivity contribution in [3.05, 3.63) is 60.7 Å². The summed E-state index contributed by atoms with van der Waals surface area (Å²) in [6, 6.07) is 16.6. The van der Waals surface area contributed by atoms with Gasteiger partial charge in [0.05, 0.1) is 11.5 Å². The number of amides is 4. The summed E-state index contributed by atoms with van der Waals surface area (Å²) in [7, 11) is -2.22. The van der Waals surface area contributed by atoms with Crippen LogP contribution in [0.4, 0.5) is 21.0 Å². The first-order chi connectivity index (χ1) is 15.8. The Hall–Kier alpha value is -3.73. The largest absolute Gasteiger partial charge is 0.481 e. The van der Waals surface area contributed by atoms with Crippen molar-refractivity contribution in [3.63, 3.8) is 0 Å². The number of urea groups is 2. The topological polar surface area (TPSA) is 157 Å². The van der Waals surface area contributed by atoms with Crippen LogP contribution in [-0.2, 0) is 9.59 Å². The molecule has 0 aliphatic heterocycles.